The molecule has 2 aromatic rings. The van der Waals surface area contributed by atoms with Crippen LogP contribution in [0.3, 0.4) is 0 Å². The van der Waals surface area contributed by atoms with Crippen LogP contribution in [0, 0.1) is 0 Å². The van der Waals surface area contributed by atoms with Gasteiger partial charge >= 0.3 is 12.0 Å². The molecule has 0 fully saturated rings. The summed E-state index contributed by atoms with van der Waals surface area (Å²) in [7, 11) is 0. The van der Waals surface area contributed by atoms with Crippen LogP contribution in [0.5, 0.6) is 0 Å². The number of ether oxygens (including phenoxy) is 1. The highest BCUT2D eigenvalue weighted by molar-refractivity contribution is 5.97. The van der Waals surface area contributed by atoms with Crippen molar-refractivity contribution < 1.29 is 19.1 Å². The van der Waals surface area contributed by atoms with E-state index in [1.54, 1.807) is 26.0 Å². The number of hydrogen-bond acceptors (Lipinski definition) is 4. The molecule has 2 rings (SSSR count). The Labute approximate surface area is 146 Å². The number of urea groups is 1. The Morgan fingerprint density at radius 2 is 1.52 bits per heavy atom. The summed E-state index contributed by atoms with van der Waals surface area (Å²) in [5, 5.41) is 4.59. The highest BCUT2D eigenvalue weighted by Crippen LogP contribution is 2.19. The molecule has 0 saturated carbocycles. The van der Waals surface area contributed by atoms with Crippen LogP contribution in [-0.2, 0) is 9.53 Å². The lowest BCUT2D eigenvalue weighted by molar-refractivity contribution is -0.123. The first kappa shape index (κ1) is 18.2. The molecule has 0 aliphatic rings. The van der Waals surface area contributed by atoms with Crippen LogP contribution in [-0.4, -0.2) is 30.6 Å². The molecule has 130 valence electrons. The molecular formula is C19H20N2O4. The fraction of sp³-hybridized carbons (Fsp3) is 0.211. The average molecular weight is 340 g/mol. The minimum atomic E-state index is -0.688. The van der Waals surface area contributed by atoms with Crippen molar-refractivity contribution in [2.24, 2.45) is 0 Å². The molecule has 25 heavy (non-hydrogen) atoms. The molecule has 2 aromatic carbocycles. The van der Waals surface area contributed by atoms with Gasteiger partial charge in [-0.3, -0.25) is 10.1 Å². The van der Waals surface area contributed by atoms with Crippen molar-refractivity contribution in [3.63, 3.8) is 0 Å². The van der Waals surface area contributed by atoms with Crippen LogP contribution in [0.1, 0.15) is 24.2 Å². The molecule has 0 aliphatic heterocycles. The molecule has 0 aliphatic carbocycles. The van der Waals surface area contributed by atoms with Gasteiger partial charge < -0.3 is 10.1 Å². The first-order chi connectivity index (χ1) is 12.0. The number of amides is 3. The van der Waals surface area contributed by atoms with Crippen molar-refractivity contribution in [2.75, 3.05) is 6.61 Å². The van der Waals surface area contributed by atoms with E-state index in [9.17, 15) is 14.4 Å². The number of esters is 1. The van der Waals surface area contributed by atoms with Crippen LogP contribution in [0.15, 0.2) is 54.6 Å². The fourth-order valence-electron chi connectivity index (χ4n) is 2.10. The SMILES string of the molecule is CC(C)NC(=O)NC(=O)COC(=O)c1ccc(-c2ccccc2)cc1. The summed E-state index contributed by atoms with van der Waals surface area (Å²) in [6.45, 7) is 3.01. The Bertz CT molecular complexity index is 740. The van der Waals surface area contributed by atoms with Crippen LogP contribution in [0.25, 0.3) is 11.1 Å². The average Bonchev–Trinajstić information content (AvgIpc) is 2.60. The maximum atomic E-state index is 12.0. The highest BCUT2D eigenvalue weighted by Gasteiger charge is 2.13. The number of nitrogens with one attached hydrogen (secondary N) is 2. The number of carbonyl (C=O) groups is 3. The second kappa shape index (κ2) is 8.63. The van der Waals surface area contributed by atoms with Gasteiger partial charge in [0.1, 0.15) is 0 Å². The summed E-state index contributed by atoms with van der Waals surface area (Å²) in [5.74, 6) is -1.31. The van der Waals surface area contributed by atoms with E-state index in [0.717, 1.165) is 11.1 Å². The summed E-state index contributed by atoms with van der Waals surface area (Å²) in [6, 6.07) is 15.9. The molecule has 0 unspecified atom stereocenters. The third-order valence-electron chi connectivity index (χ3n) is 3.23. The molecule has 6 heteroatoms. The Hall–Kier alpha value is -3.15. The van der Waals surface area contributed by atoms with Crippen LogP contribution in [0.2, 0.25) is 0 Å². The van der Waals surface area contributed by atoms with Gasteiger partial charge in [0.05, 0.1) is 5.56 Å². The normalized spacial score (nSPS) is 10.2. The molecule has 0 heterocycles. The van der Waals surface area contributed by atoms with Crippen molar-refractivity contribution >= 4 is 17.9 Å². The van der Waals surface area contributed by atoms with E-state index in [4.69, 9.17) is 4.74 Å². The van der Waals surface area contributed by atoms with Crippen molar-refractivity contribution in [3.05, 3.63) is 60.2 Å². The van der Waals surface area contributed by atoms with Crippen molar-refractivity contribution in [3.8, 4) is 11.1 Å². The van der Waals surface area contributed by atoms with Crippen LogP contribution >= 0.6 is 0 Å². The zero-order valence-corrected chi connectivity index (χ0v) is 14.1. The number of carbonyl (C=O) groups excluding carboxylic acids is 3. The first-order valence-corrected chi connectivity index (χ1v) is 7.88. The molecule has 0 radical (unpaired) electrons. The van der Waals surface area contributed by atoms with Crippen molar-refractivity contribution in [1.29, 1.82) is 0 Å². The van der Waals surface area contributed by atoms with Gasteiger partial charge in [0.15, 0.2) is 6.61 Å². The van der Waals surface area contributed by atoms with Gasteiger partial charge in [0, 0.05) is 6.04 Å². The molecule has 0 aromatic heterocycles. The van der Waals surface area contributed by atoms with E-state index in [-0.39, 0.29) is 6.04 Å². The van der Waals surface area contributed by atoms with Crippen LogP contribution < -0.4 is 10.6 Å². The van der Waals surface area contributed by atoms with Gasteiger partial charge in [0.25, 0.3) is 5.91 Å². The third kappa shape index (κ3) is 5.76. The number of benzene rings is 2. The molecule has 0 spiro atoms. The lowest BCUT2D eigenvalue weighted by atomic mass is 10.0. The lowest BCUT2D eigenvalue weighted by Crippen LogP contribution is -2.44. The third-order valence-corrected chi connectivity index (χ3v) is 3.23. The van der Waals surface area contributed by atoms with E-state index in [0.29, 0.717) is 5.56 Å². The standard InChI is InChI=1S/C19H20N2O4/c1-13(2)20-19(24)21-17(22)12-25-18(23)16-10-8-15(9-11-16)14-6-4-3-5-7-14/h3-11,13H,12H2,1-2H3,(H2,20,21,22,24). The highest BCUT2D eigenvalue weighted by atomic mass is 16.5. The maximum absolute atomic E-state index is 12.0. The molecule has 0 saturated heterocycles. The fourth-order valence-corrected chi connectivity index (χ4v) is 2.10. The van der Waals surface area contributed by atoms with E-state index in [1.807, 2.05) is 42.5 Å². The topological polar surface area (TPSA) is 84.5 Å². The zero-order chi connectivity index (χ0) is 18.2. The molecule has 2 N–H and O–H groups in total. The Morgan fingerprint density at radius 3 is 2.12 bits per heavy atom. The smallest absolute Gasteiger partial charge is 0.338 e. The van der Waals surface area contributed by atoms with E-state index in [1.165, 1.54) is 0 Å². The lowest BCUT2D eigenvalue weighted by Gasteiger charge is -2.09. The van der Waals surface area contributed by atoms with Gasteiger partial charge in [0.2, 0.25) is 0 Å². The summed E-state index contributed by atoms with van der Waals surface area (Å²) < 4.78 is 4.91. The summed E-state index contributed by atoms with van der Waals surface area (Å²) in [5.41, 5.74) is 2.34. The number of hydrogen-bond donors (Lipinski definition) is 2. The second-order valence-electron chi connectivity index (χ2n) is 5.70. The monoisotopic (exact) mass is 340 g/mol. The van der Waals surface area contributed by atoms with Gasteiger partial charge in [-0.1, -0.05) is 42.5 Å². The van der Waals surface area contributed by atoms with Crippen molar-refractivity contribution in [1.82, 2.24) is 10.6 Å². The predicted octanol–water partition coefficient (Wildman–Crippen LogP) is 2.74. The number of imide groups is 1. The summed E-state index contributed by atoms with van der Waals surface area (Å²) in [6.07, 6.45) is 0. The van der Waals surface area contributed by atoms with Crippen LogP contribution in [0.4, 0.5) is 4.79 Å². The second-order valence-corrected chi connectivity index (χ2v) is 5.70. The van der Waals surface area contributed by atoms with Gasteiger partial charge in [-0.25, -0.2) is 9.59 Å². The first-order valence-electron chi connectivity index (χ1n) is 7.88. The van der Waals surface area contributed by atoms with Gasteiger partial charge in [-0.15, -0.1) is 0 Å². The minimum absolute atomic E-state index is 0.0986. The largest absolute Gasteiger partial charge is 0.452 e. The quantitative estimate of drug-likeness (QED) is 0.820. The minimum Gasteiger partial charge on any atom is -0.452 e. The number of rotatable bonds is 5. The Balaban J connectivity index is 1.87. The summed E-state index contributed by atoms with van der Waals surface area (Å²) >= 11 is 0. The van der Waals surface area contributed by atoms with E-state index in [2.05, 4.69) is 10.6 Å². The molecule has 0 bridgehead atoms. The Morgan fingerprint density at radius 1 is 0.920 bits per heavy atom. The Kier molecular flexibility index (Phi) is 6.28. The molecule has 0 atom stereocenters. The van der Waals surface area contributed by atoms with Crippen molar-refractivity contribution in [2.45, 2.75) is 19.9 Å². The molecule has 3 amide bonds. The van der Waals surface area contributed by atoms with Gasteiger partial charge in [-0.2, -0.15) is 0 Å². The molecular weight excluding hydrogens is 320 g/mol. The van der Waals surface area contributed by atoms with Gasteiger partial charge in [-0.05, 0) is 37.1 Å². The van der Waals surface area contributed by atoms with E-state index >= 15 is 0 Å². The predicted molar refractivity (Wildman–Crippen MR) is 94.0 cm³/mol. The maximum Gasteiger partial charge on any atom is 0.338 e. The van der Waals surface area contributed by atoms with E-state index < -0.39 is 24.5 Å². The molecule has 6 nitrogen and oxygen atoms in total. The summed E-state index contributed by atoms with van der Waals surface area (Å²) in [4.78, 5) is 34.9. The zero-order valence-electron chi connectivity index (χ0n) is 14.1.